The zero-order valence-electron chi connectivity index (χ0n) is 16.4. The van der Waals surface area contributed by atoms with Gasteiger partial charge in [-0.2, -0.15) is 0 Å². The molecule has 0 spiro atoms. The van der Waals surface area contributed by atoms with Crippen molar-refractivity contribution in [3.63, 3.8) is 0 Å². The fourth-order valence-electron chi connectivity index (χ4n) is 2.94. The minimum atomic E-state index is -0.298. The summed E-state index contributed by atoms with van der Waals surface area (Å²) < 4.78 is 5.37. The Kier molecular flexibility index (Phi) is 5.58. The molecule has 1 unspecified atom stereocenters. The molecule has 0 radical (unpaired) electrons. The molecule has 0 saturated carbocycles. The Morgan fingerprint density at radius 1 is 1.07 bits per heavy atom. The van der Waals surface area contributed by atoms with Crippen LogP contribution in [0.1, 0.15) is 13.8 Å². The molecule has 4 rings (SSSR count). The third kappa shape index (κ3) is 4.55. The van der Waals surface area contributed by atoms with Crippen LogP contribution in [0, 0.1) is 0 Å². The van der Waals surface area contributed by atoms with Gasteiger partial charge in [0.2, 0.25) is 11.8 Å². The number of aromatic nitrogens is 2. The van der Waals surface area contributed by atoms with Crippen molar-refractivity contribution in [2.24, 2.45) is 0 Å². The summed E-state index contributed by atoms with van der Waals surface area (Å²) in [4.78, 5) is 32.4. The second-order valence-corrected chi connectivity index (χ2v) is 8.16. The summed E-state index contributed by atoms with van der Waals surface area (Å²) in [6, 6.07) is 16.6. The molecule has 2 amide bonds. The Hall–Kier alpha value is -3.52. The summed E-state index contributed by atoms with van der Waals surface area (Å²) in [5, 5.41) is 5.37. The molecule has 0 bridgehead atoms. The van der Waals surface area contributed by atoms with Crippen molar-refractivity contribution in [2.75, 3.05) is 10.6 Å². The maximum Gasteiger partial charge on any atom is 0.237 e. The number of rotatable bonds is 6. The van der Waals surface area contributed by atoms with Gasteiger partial charge < -0.3 is 20.0 Å². The number of aromatic amines is 1. The molecule has 2 aromatic heterocycles. The van der Waals surface area contributed by atoms with Gasteiger partial charge in [0.25, 0.3) is 0 Å². The van der Waals surface area contributed by atoms with E-state index in [4.69, 9.17) is 4.42 Å². The number of furan rings is 1. The van der Waals surface area contributed by atoms with Crippen LogP contribution in [0.15, 0.2) is 70.2 Å². The third-order valence-corrected chi connectivity index (χ3v) is 5.47. The molecule has 2 heterocycles. The fraction of sp³-hybridized carbons (Fsp3) is 0.136. The largest absolute Gasteiger partial charge is 0.461 e. The molecule has 3 N–H and O–H groups in total. The molecule has 1 atom stereocenters. The first-order valence-electron chi connectivity index (χ1n) is 9.37. The Bertz CT molecular complexity index is 1180. The Labute approximate surface area is 177 Å². The van der Waals surface area contributed by atoms with Gasteiger partial charge in [-0.25, -0.2) is 4.98 Å². The second kappa shape index (κ2) is 8.46. The highest BCUT2D eigenvalue weighted by Crippen LogP contribution is 2.27. The van der Waals surface area contributed by atoms with Gasteiger partial charge in [0.1, 0.15) is 0 Å². The number of carbonyl (C=O) groups excluding carboxylic acids is 2. The molecular weight excluding hydrogens is 400 g/mol. The molecule has 0 aliphatic carbocycles. The number of nitrogens with zero attached hydrogens (tertiary/aromatic N) is 1. The summed E-state index contributed by atoms with van der Waals surface area (Å²) in [5.41, 5.74) is 3.02. The Morgan fingerprint density at radius 2 is 1.83 bits per heavy atom. The summed E-state index contributed by atoms with van der Waals surface area (Å²) in [6.07, 6.45) is 1.60. The predicted octanol–water partition coefficient (Wildman–Crippen LogP) is 4.90. The zero-order chi connectivity index (χ0) is 21.1. The Morgan fingerprint density at radius 3 is 2.53 bits per heavy atom. The molecular formula is C22H20N4O3S. The van der Waals surface area contributed by atoms with Crippen LogP contribution < -0.4 is 10.6 Å². The zero-order valence-corrected chi connectivity index (χ0v) is 17.2. The summed E-state index contributed by atoms with van der Waals surface area (Å²) >= 11 is 1.45. The monoisotopic (exact) mass is 420 g/mol. The van der Waals surface area contributed by atoms with Crippen LogP contribution >= 0.6 is 11.8 Å². The van der Waals surface area contributed by atoms with E-state index >= 15 is 0 Å². The number of hydrogen-bond acceptors (Lipinski definition) is 5. The molecule has 0 aliphatic heterocycles. The lowest BCUT2D eigenvalue weighted by Gasteiger charge is -2.12. The minimum Gasteiger partial charge on any atom is -0.461 e. The van der Waals surface area contributed by atoms with E-state index in [2.05, 4.69) is 20.6 Å². The van der Waals surface area contributed by atoms with Crippen molar-refractivity contribution >= 4 is 46.0 Å². The number of carbonyl (C=O) groups is 2. The number of fused-ring (bicyclic) bond motifs is 1. The van der Waals surface area contributed by atoms with E-state index < -0.39 is 0 Å². The van der Waals surface area contributed by atoms with Crippen LogP contribution in [-0.4, -0.2) is 27.0 Å². The van der Waals surface area contributed by atoms with E-state index in [-0.39, 0.29) is 17.1 Å². The van der Waals surface area contributed by atoms with Crippen molar-refractivity contribution < 1.29 is 14.0 Å². The molecule has 8 heteroatoms. The van der Waals surface area contributed by atoms with Crippen LogP contribution in [0.5, 0.6) is 0 Å². The highest BCUT2D eigenvalue weighted by Gasteiger charge is 2.15. The molecule has 152 valence electrons. The van der Waals surface area contributed by atoms with Crippen LogP contribution in [0.3, 0.4) is 0 Å². The maximum absolute atomic E-state index is 12.6. The lowest BCUT2D eigenvalue weighted by molar-refractivity contribution is -0.115. The Balaban J connectivity index is 1.41. The van der Waals surface area contributed by atoms with Gasteiger partial charge in [0.15, 0.2) is 11.6 Å². The average molecular weight is 420 g/mol. The topological polar surface area (TPSA) is 100 Å². The highest BCUT2D eigenvalue weighted by molar-refractivity contribution is 8.00. The second-order valence-electron chi connectivity index (χ2n) is 6.75. The van der Waals surface area contributed by atoms with E-state index in [1.165, 1.54) is 18.7 Å². The maximum atomic E-state index is 12.6. The number of hydrogen-bond donors (Lipinski definition) is 3. The quantitative estimate of drug-likeness (QED) is 0.385. The first-order chi connectivity index (χ1) is 14.5. The van der Waals surface area contributed by atoms with Crippen LogP contribution in [0.4, 0.5) is 11.4 Å². The predicted molar refractivity (Wildman–Crippen MR) is 118 cm³/mol. The smallest absolute Gasteiger partial charge is 0.237 e. The molecule has 4 aromatic rings. The van der Waals surface area contributed by atoms with Crippen LogP contribution in [-0.2, 0) is 9.59 Å². The molecule has 0 aliphatic rings. The highest BCUT2D eigenvalue weighted by atomic mass is 32.2. The van der Waals surface area contributed by atoms with E-state index in [1.807, 2.05) is 55.5 Å². The van der Waals surface area contributed by atoms with E-state index in [0.29, 0.717) is 17.3 Å². The van der Waals surface area contributed by atoms with Crippen molar-refractivity contribution in [1.29, 1.82) is 0 Å². The summed E-state index contributed by atoms with van der Waals surface area (Å²) in [7, 11) is 0. The molecule has 2 aromatic carbocycles. The number of anilines is 2. The first-order valence-corrected chi connectivity index (χ1v) is 10.2. The first kappa shape index (κ1) is 19.8. The molecule has 0 fully saturated rings. The minimum absolute atomic E-state index is 0.101. The average Bonchev–Trinajstić information content (AvgIpc) is 3.38. The van der Waals surface area contributed by atoms with E-state index in [1.54, 1.807) is 12.3 Å². The third-order valence-electron chi connectivity index (χ3n) is 4.36. The van der Waals surface area contributed by atoms with E-state index in [0.717, 1.165) is 21.6 Å². The standard InChI is InChI=1S/C22H20N4O3S/c1-13(30-17-8-5-15(6-9-17)23-14(2)27)22(28)24-16-7-10-18-19(12-16)26-21(25-18)20-4-3-11-29-20/h3-13H,1-2H3,(H,23,27)(H,24,28)(H,25,26). The number of nitrogens with one attached hydrogen (secondary N) is 3. The van der Waals surface area contributed by atoms with Gasteiger partial charge >= 0.3 is 0 Å². The normalized spacial score (nSPS) is 11.9. The molecule has 30 heavy (non-hydrogen) atoms. The van der Waals surface area contributed by atoms with Crippen LogP contribution in [0.2, 0.25) is 0 Å². The number of amides is 2. The number of thioether (sulfide) groups is 1. The lowest BCUT2D eigenvalue weighted by atomic mass is 10.2. The van der Waals surface area contributed by atoms with Crippen molar-refractivity contribution in [2.45, 2.75) is 24.0 Å². The van der Waals surface area contributed by atoms with E-state index in [9.17, 15) is 9.59 Å². The lowest BCUT2D eigenvalue weighted by Crippen LogP contribution is -2.22. The van der Waals surface area contributed by atoms with Gasteiger partial charge in [0.05, 0.1) is 22.5 Å². The van der Waals surface area contributed by atoms with Crippen molar-refractivity contribution in [3.05, 3.63) is 60.9 Å². The van der Waals surface area contributed by atoms with Crippen molar-refractivity contribution in [3.8, 4) is 11.6 Å². The van der Waals surface area contributed by atoms with Gasteiger partial charge in [0, 0.05) is 23.2 Å². The van der Waals surface area contributed by atoms with Crippen LogP contribution in [0.25, 0.3) is 22.6 Å². The number of H-pyrrole nitrogens is 1. The van der Waals surface area contributed by atoms with Gasteiger partial charge in [-0.05, 0) is 61.5 Å². The van der Waals surface area contributed by atoms with Gasteiger partial charge in [-0.15, -0.1) is 11.8 Å². The van der Waals surface area contributed by atoms with Gasteiger partial charge in [-0.3, -0.25) is 9.59 Å². The molecule has 7 nitrogen and oxygen atoms in total. The fourth-order valence-corrected chi connectivity index (χ4v) is 3.81. The summed E-state index contributed by atoms with van der Waals surface area (Å²) in [5.74, 6) is 1.08. The molecule has 0 saturated heterocycles. The van der Waals surface area contributed by atoms with Gasteiger partial charge in [-0.1, -0.05) is 0 Å². The SMILES string of the molecule is CC(=O)Nc1ccc(SC(C)C(=O)Nc2ccc3nc(-c4ccco4)[nH]c3c2)cc1. The number of imidazole rings is 1. The van der Waals surface area contributed by atoms with Crippen molar-refractivity contribution in [1.82, 2.24) is 9.97 Å². The number of benzene rings is 2. The summed E-state index contributed by atoms with van der Waals surface area (Å²) in [6.45, 7) is 3.32.